The summed E-state index contributed by atoms with van der Waals surface area (Å²) in [6.45, 7) is -0.383. The van der Waals surface area contributed by atoms with Gasteiger partial charge in [0.2, 0.25) is 5.91 Å². The van der Waals surface area contributed by atoms with Crippen molar-refractivity contribution in [2.24, 2.45) is 0 Å². The van der Waals surface area contributed by atoms with Gasteiger partial charge in [-0.15, -0.1) is 0 Å². The Bertz CT molecular complexity index is 748. The fourth-order valence-electron chi connectivity index (χ4n) is 1.76. The van der Waals surface area contributed by atoms with Gasteiger partial charge in [0.05, 0.1) is 32.9 Å². The van der Waals surface area contributed by atoms with E-state index < -0.39 is 17.6 Å². The Balaban J connectivity index is 1.99. The summed E-state index contributed by atoms with van der Waals surface area (Å²) in [4.78, 5) is 23.7. The molecule has 0 unspecified atom stereocenters. The molecule has 0 fully saturated rings. The number of carbonyl (C=O) groups is 2. The second-order valence-electron chi connectivity index (χ2n) is 4.43. The number of nitrogens with one attached hydrogen (secondary N) is 2. The first-order valence-electron chi connectivity index (χ1n) is 6.36. The summed E-state index contributed by atoms with van der Waals surface area (Å²) in [7, 11) is 0. The lowest BCUT2D eigenvalue weighted by Crippen LogP contribution is -2.33. The van der Waals surface area contributed by atoms with Crippen LogP contribution < -0.4 is 10.6 Å². The number of benzene rings is 2. The summed E-state index contributed by atoms with van der Waals surface area (Å²) >= 11 is 17.5. The first-order chi connectivity index (χ1) is 10.9. The van der Waals surface area contributed by atoms with E-state index in [1.807, 2.05) is 0 Å². The van der Waals surface area contributed by atoms with Crippen molar-refractivity contribution in [1.82, 2.24) is 5.32 Å². The third-order valence-corrected chi connectivity index (χ3v) is 3.96. The average Bonchev–Trinajstić information content (AvgIpc) is 2.49. The van der Waals surface area contributed by atoms with Gasteiger partial charge in [-0.05, 0) is 24.3 Å². The highest BCUT2D eigenvalue weighted by molar-refractivity contribution is 6.44. The quantitative estimate of drug-likeness (QED) is 0.843. The molecule has 0 atom stereocenters. The highest BCUT2D eigenvalue weighted by Crippen LogP contribution is 2.29. The van der Waals surface area contributed by atoms with Crippen molar-refractivity contribution < 1.29 is 14.0 Å². The largest absolute Gasteiger partial charge is 0.343 e. The van der Waals surface area contributed by atoms with Gasteiger partial charge in [-0.3, -0.25) is 9.59 Å². The lowest BCUT2D eigenvalue weighted by Gasteiger charge is -2.10. The Morgan fingerprint density at radius 1 is 1.00 bits per heavy atom. The third-order valence-electron chi connectivity index (χ3n) is 2.83. The lowest BCUT2D eigenvalue weighted by atomic mass is 10.2. The molecule has 2 amide bonds. The maximum absolute atomic E-state index is 13.6. The summed E-state index contributed by atoms with van der Waals surface area (Å²) < 4.78 is 13.6. The topological polar surface area (TPSA) is 58.2 Å². The second-order valence-corrected chi connectivity index (χ2v) is 5.62. The Hall–Kier alpha value is -1.82. The van der Waals surface area contributed by atoms with Crippen LogP contribution in [0.4, 0.5) is 10.1 Å². The molecule has 0 spiro atoms. The van der Waals surface area contributed by atoms with Crippen LogP contribution in [-0.4, -0.2) is 18.4 Å². The fraction of sp³-hybridized carbons (Fsp3) is 0.0667. The van der Waals surface area contributed by atoms with Gasteiger partial charge < -0.3 is 10.6 Å². The van der Waals surface area contributed by atoms with Gasteiger partial charge in [0.15, 0.2) is 0 Å². The van der Waals surface area contributed by atoms with Gasteiger partial charge in [0.1, 0.15) is 5.82 Å². The zero-order chi connectivity index (χ0) is 17.0. The molecule has 0 saturated carbocycles. The minimum Gasteiger partial charge on any atom is -0.343 e. The maximum Gasteiger partial charge on any atom is 0.256 e. The first-order valence-corrected chi connectivity index (χ1v) is 7.49. The predicted molar refractivity (Wildman–Crippen MR) is 88.8 cm³/mol. The second kappa shape index (κ2) is 7.64. The minimum atomic E-state index is -0.791. The molecule has 120 valence electrons. The summed E-state index contributed by atoms with van der Waals surface area (Å²) in [5, 5.41) is 5.20. The number of carbonyl (C=O) groups excluding carboxylic acids is 2. The molecule has 2 N–H and O–H groups in total. The van der Waals surface area contributed by atoms with Gasteiger partial charge in [0.25, 0.3) is 5.91 Å². The molecular formula is C15H10Cl3FN2O2. The first kappa shape index (κ1) is 17.5. The number of halogens is 4. The van der Waals surface area contributed by atoms with Crippen molar-refractivity contribution in [2.45, 2.75) is 0 Å². The molecule has 2 aromatic carbocycles. The van der Waals surface area contributed by atoms with Crippen LogP contribution in [0, 0.1) is 5.82 Å². The van der Waals surface area contributed by atoms with Crippen LogP contribution in [0.5, 0.6) is 0 Å². The van der Waals surface area contributed by atoms with Gasteiger partial charge in [-0.1, -0.05) is 46.9 Å². The van der Waals surface area contributed by atoms with Gasteiger partial charge in [0, 0.05) is 0 Å². The summed E-state index contributed by atoms with van der Waals surface area (Å²) in [5.41, 5.74) is -0.00917. The van der Waals surface area contributed by atoms with Crippen molar-refractivity contribution in [3.63, 3.8) is 0 Å². The van der Waals surface area contributed by atoms with E-state index in [1.54, 1.807) is 18.2 Å². The van der Waals surface area contributed by atoms with Crippen molar-refractivity contribution in [1.29, 1.82) is 0 Å². The number of hydrogen-bond acceptors (Lipinski definition) is 2. The highest BCUT2D eigenvalue weighted by atomic mass is 35.5. The van der Waals surface area contributed by atoms with E-state index in [9.17, 15) is 14.0 Å². The molecule has 23 heavy (non-hydrogen) atoms. The Morgan fingerprint density at radius 2 is 1.65 bits per heavy atom. The van der Waals surface area contributed by atoms with Crippen LogP contribution in [0.15, 0.2) is 36.4 Å². The number of anilines is 1. The Labute approximate surface area is 146 Å². The Morgan fingerprint density at radius 3 is 2.35 bits per heavy atom. The molecule has 8 heteroatoms. The van der Waals surface area contributed by atoms with E-state index >= 15 is 0 Å². The van der Waals surface area contributed by atoms with Crippen LogP contribution in [0.3, 0.4) is 0 Å². The fourth-order valence-corrected chi connectivity index (χ4v) is 2.36. The number of amides is 2. The molecule has 0 aromatic heterocycles. The number of hydrogen-bond donors (Lipinski definition) is 2. The molecule has 0 aliphatic rings. The van der Waals surface area contributed by atoms with E-state index in [0.29, 0.717) is 5.69 Å². The van der Waals surface area contributed by atoms with Crippen LogP contribution >= 0.6 is 34.8 Å². The molecule has 0 bridgehead atoms. The Kier molecular flexibility index (Phi) is 5.82. The molecule has 0 heterocycles. The lowest BCUT2D eigenvalue weighted by molar-refractivity contribution is -0.115. The molecule has 0 saturated heterocycles. The van der Waals surface area contributed by atoms with Crippen molar-refractivity contribution in [3.05, 3.63) is 62.8 Å². The van der Waals surface area contributed by atoms with E-state index in [1.165, 1.54) is 12.1 Å². The van der Waals surface area contributed by atoms with E-state index in [0.717, 1.165) is 6.07 Å². The zero-order valence-corrected chi connectivity index (χ0v) is 13.8. The van der Waals surface area contributed by atoms with Crippen LogP contribution in [0.2, 0.25) is 15.1 Å². The van der Waals surface area contributed by atoms with E-state index in [2.05, 4.69) is 10.6 Å². The molecule has 2 rings (SSSR count). The molecular weight excluding hydrogens is 366 g/mol. The highest BCUT2D eigenvalue weighted by Gasteiger charge is 2.16. The van der Waals surface area contributed by atoms with Crippen LogP contribution in [-0.2, 0) is 4.79 Å². The molecule has 0 radical (unpaired) electrons. The molecule has 0 aliphatic carbocycles. The van der Waals surface area contributed by atoms with Crippen LogP contribution in [0.1, 0.15) is 10.4 Å². The van der Waals surface area contributed by atoms with Crippen molar-refractivity contribution in [2.75, 3.05) is 11.9 Å². The standard InChI is InChI=1S/C15H10Cl3FN2O2/c16-8-3-1-5-10(19)13(8)15(23)20-7-12(22)21-11-6-2-4-9(17)14(11)18/h1-6H,7H2,(H,20,23)(H,21,22). The third kappa shape index (κ3) is 4.34. The van der Waals surface area contributed by atoms with E-state index in [4.69, 9.17) is 34.8 Å². The van der Waals surface area contributed by atoms with E-state index in [-0.39, 0.29) is 27.2 Å². The monoisotopic (exact) mass is 374 g/mol. The minimum absolute atomic E-state index is 0.0409. The summed E-state index contributed by atoms with van der Waals surface area (Å²) in [6, 6.07) is 8.60. The normalized spacial score (nSPS) is 10.3. The van der Waals surface area contributed by atoms with Crippen LogP contribution in [0.25, 0.3) is 0 Å². The molecule has 0 aliphatic heterocycles. The predicted octanol–water partition coefficient (Wildman–Crippen LogP) is 4.15. The summed E-state index contributed by atoms with van der Waals surface area (Å²) in [5.74, 6) is -2.11. The zero-order valence-electron chi connectivity index (χ0n) is 11.5. The van der Waals surface area contributed by atoms with Crippen molar-refractivity contribution in [3.8, 4) is 0 Å². The van der Waals surface area contributed by atoms with Gasteiger partial charge in [-0.25, -0.2) is 4.39 Å². The van der Waals surface area contributed by atoms with Gasteiger partial charge in [-0.2, -0.15) is 0 Å². The maximum atomic E-state index is 13.6. The summed E-state index contributed by atoms with van der Waals surface area (Å²) in [6.07, 6.45) is 0. The number of rotatable bonds is 4. The smallest absolute Gasteiger partial charge is 0.256 e. The molecule has 2 aromatic rings. The SMILES string of the molecule is O=C(CNC(=O)c1c(F)cccc1Cl)Nc1cccc(Cl)c1Cl. The molecule has 4 nitrogen and oxygen atoms in total. The van der Waals surface area contributed by atoms with Crippen molar-refractivity contribution >= 4 is 52.3 Å². The average molecular weight is 376 g/mol. The van der Waals surface area contributed by atoms with Gasteiger partial charge >= 0.3 is 0 Å².